The number of hydrogen-bond acceptors (Lipinski definition) is 6. The maximum absolute atomic E-state index is 13.5. The summed E-state index contributed by atoms with van der Waals surface area (Å²) in [6.07, 6.45) is 2.92. The lowest BCUT2D eigenvalue weighted by atomic mass is 10.2. The fraction of sp³-hybridized carbons (Fsp3) is 0.0667. The van der Waals surface area contributed by atoms with Gasteiger partial charge < -0.3 is 9.47 Å². The highest BCUT2D eigenvalue weighted by Gasteiger charge is 2.09. The lowest BCUT2D eigenvalue weighted by Crippen LogP contribution is -1.96. The van der Waals surface area contributed by atoms with Crippen molar-refractivity contribution in [3.63, 3.8) is 0 Å². The van der Waals surface area contributed by atoms with Crippen LogP contribution in [0.15, 0.2) is 42.7 Å². The van der Waals surface area contributed by atoms with Crippen LogP contribution in [0.4, 0.5) is 8.78 Å². The van der Waals surface area contributed by atoms with Gasteiger partial charge in [0.05, 0.1) is 12.8 Å². The topological polar surface area (TPSA) is 70.0 Å². The molecule has 0 bridgehead atoms. The summed E-state index contributed by atoms with van der Waals surface area (Å²) in [5.74, 6) is -1.30. The van der Waals surface area contributed by atoms with Gasteiger partial charge in [-0.3, -0.25) is 0 Å². The van der Waals surface area contributed by atoms with E-state index in [0.29, 0.717) is 17.1 Å². The summed E-state index contributed by atoms with van der Waals surface area (Å²) in [5, 5.41) is 7.80. The second kappa shape index (κ2) is 6.30. The first-order valence-electron chi connectivity index (χ1n) is 6.49. The Bertz CT molecular complexity index is 811. The van der Waals surface area contributed by atoms with E-state index >= 15 is 0 Å². The van der Waals surface area contributed by atoms with Crippen LogP contribution in [0.1, 0.15) is 0 Å². The van der Waals surface area contributed by atoms with Gasteiger partial charge in [0.25, 0.3) is 0 Å². The minimum Gasteiger partial charge on any atom is -0.480 e. The van der Waals surface area contributed by atoms with Gasteiger partial charge in [-0.1, -0.05) is 0 Å². The Labute approximate surface area is 129 Å². The fourth-order valence-electron chi connectivity index (χ4n) is 1.74. The van der Waals surface area contributed by atoms with E-state index in [9.17, 15) is 8.78 Å². The molecule has 6 nitrogen and oxygen atoms in total. The van der Waals surface area contributed by atoms with Crippen molar-refractivity contribution in [2.24, 2.45) is 0 Å². The van der Waals surface area contributed by atoms with Crippen molar-refractivity contribution in [3.8, 4) is 28.9 Å². The molecular formula is C15H10F2N4O2. The van der Waals surface area contributed by atoms with Gasteiger partial charge in [0, 0.05) is 30.1 Å². The van der Waals surface area contributed by atoms with Crippen molar-refractivity contribution in [1.82, 2.24) is 20.2 Å². The highest BCUT2D eigenvalue weighted by atomic mass is 19.1. The number of hydrogen-bond donors (Lipinski definition) is 0. The Kier molecular flexibility index (Phi) is 4.05. The average molecular weight is 316 g/mol. The summed E-state index contributed by atoms with van der Waals surface area (Å²) in [5.41, 5.74) is 1.15. The SMILES string of the molecule is COc1ccc(-c2cnc(Oc3ccc(F)cc3F)nc2)nn1. The van der Waals surface area contributed by atoms with E-state index in [2.05, 4.69) is 20.2 Å². The Hall–Kier alpha value is -3.16. The molecular weight excluding hydrogens is 306 g/mol. The second-order valence-corrected chi connectivity index (χ2v) is 4.39. The summed E-state index contributed by atoms with van der Waals surface area (Å²) in [6.45, 7) is 0. The molecule has 0 saturated heterocycles. The van der Waals surface area contributed by atoms with Gasteiger partial charge in [-0.2, -0.15) is 0 Å². The molecule has 0 aliphatic rings. The van der Waals surface area contributed by atoms with Gasteiger partial charge in [-0.25, -0.2) is 18.7 Å². The number of aromatic nitrogens is 4. The van der Waals surface area contributed by atoms with E-state index in [4.69, 9.17) is 9.47 Å². The van der Waals surface area contributed by atoms with Crippen LogP contribution in [0.5, 0.6) is 17.6 Å². The molecule has 0 radical (unpaired) electrons. The number of nitrogens with zero attached hydrogens (tertiary/aromatic N) is 4. The van der Waals surface area contributed by atoms with Gasteiger partial charge in [0.2, 0.25) is 5.88 Å². The van der Waals surface area contributed by atoms with E-state index in [1.165, 1.54) is 19.5 Å². The largest absolute Gasteiger partial charge is 0.480 e. The van der Waals surface area contributed by atoms with Crippen molar-refractivity contribution in [1.29, 1.82) is 0 Å². The molecule has 0 aliphatic heterocycles. The van der Waals surface area contributed by atoms with Crippen molar-refractivity contribution in [2.45, 2.75) is 0 Å². The summed E-state index contributed by atoms with van der Waals surface area (Å²) >= 11 is 0. The van der Waals surface area contributed by atoms with E-state index in [-0.39, 0.29) is 11.8 Å². The summed E-state index contributed by atoms with van der Waals surface area (Å²) in [7, 11) is 1.49. The van der Waals surface area contributed by atoms with E-state index in [0.717, 1.165) is 18.2 Å². The molecule has 0 spiro atoms. The van der Waals surface area contributed by atoms with Crippen LogP contribution < -0.4 is 9.47 Å². The predicted molar refractivity (Wildman–Crippen MR) is 76.0 cm³/mol. The predicted octanol–water partition coefficient (Wildman–Crippen LogP) is 3.01. The van der Waals surface area contributed by atoms with Gasteiger partial charge in [-0.15, -0.1) is 10.2 Å². The van der Waals surface area contributed by atoms with Crippen LogP contribution in [0, 0.1) is 11.6 Å². The van der Waals surface area contributed by atoms with Crippen LogP contribution in [0.3, 0.4) is 0 Å². The number of ether oxygens (including phenoxy) is 2. The number of rotatable bonds is 4. The maximum atomic E-state index is 13.5. The molecule has 0 aliphatic carbocycles. The molecule has 0 atom stereocenters. The zero-order valence-corrected chi connectivity index (χ0v) is 11.9. The van der Waals surface area contributed by atoms with Crippen molar-refractivity contribution in [3.05, 3.63) is 54.4 Å². The Morgan fingerprint density at radius 1 is 0.957 bits per heavy atom. The molecule has 116 valence electrons. The molecule has 3 aromatic rings. The molecule has 0 unspecified atom stereocenters. The quantitative estimate of drug-likeness (QED) is 0.737. The van der Waals surface area contributed by atoms with Crippen LogP contribution in [0.25, 0.3) is 11.3 Å². The number of benzene rings is 1. The molecule has 0 fully saturated rings. The Balaban J connectivity index is 1.78. The van der Waals surface area contributed by atoms with Gasteiger partial charge in [-0.05, 0) is 18.2 Å². The molecule has 0 amide bonds. The highest BCUT2D eigenvalue weighted by molar-refractivity contribution is 5.56. The molecule has 0 N–H and O–H groups in total. The monoisotopic (exact) mass is 316 g/mol. The minimum atomic E-state index is -0.835. The number of methoxy groups -OCH3 is 1. The third-order valence-corrected chi connectivity index (χ3v) is 2.87. The highest BCUT2D eigenvalue weighted by Crippen LogP contribution is 2.23. The third kappa shape index (κ3) is 3.37. The van der Waals surface area contributed by atoms with Gasteiger partial charge in [0.15, 0.2) is 11.6 Å². The Morgan fingerprint density at radius 3 is 2.35 bits per heavy atom. The normalized spacial score (nSPS) is 10.4. The molecule has 8 heteroatoms. The lowest BCUT2D eigenvalue weighted by molar-refractivity contribution is 0.392. The van der Waals surface area contributed by atoms with Gasteiger partial charge >= 0.3 is 6.01 Å². The standard InChI is InChI=1S/C15H10F2N4O2/c1-22-14-5-3-12(20-21-14)9-7-18-15(19-8-9)23-13-4-2-10(16)6-11(13)17/h2-8H,1H3. The zero-order valence-electron chi connectivity index (χ0n) is 11.9. The molecule has 3 rings (SSSR count). The van der Waals surface area contributed by atoms with Crippen molar-refractivity contribution in [2.75, 3.05) is 7.11 Å². The molecule has 1 aromatic carbocycles. The summed E-state index contributed by atoms with van der Waals surface area (Å²) < 4.78 is 36.4. The molecule has 2 aromatic heterocycles. The van der Waals surface area contributed by atoms with Crippen LogP contribution in [-0.2, 0) is 0 Å². The maximum Gasteiger partial charge on any atom is 0.322 e. The number of halogens is 2. The van der Waals surface area contributed by atoms with Crippen LogP contribution in [0.2, 0.25) is 0 Å². The first-order valence-corrected chi connectivity index (χ1v) is 6.49. The third-order valence-electron chi connectivity index (χ3n) is 2.87. The minimum absolute atomic E-state index is 0.0688. The average Bonchev–Trinajstić information content (AvgIpc) is 2.58. The van der Waals surface area contributed by atoms with E-state index < -0.39 is 11.6 Å². The first kappa shape index (κ1) is 14.8. The fourth-order valence-corrected chi connectivity index (χ4v) is 1.74. The van der Waals surface area contributed by atoms with E-state index in [1.807, 2.05) is 0 Å². The molecule has 0 saturated carbocycles. The second-order valence-electron chi connectivity index (χ2n) is 4.39. The molecule has 23 heavy (non-hydrogen) atoms. The smallest absolute Gasteiger partial charge is 0.322 e. The zero-order chi connectivity index (χ0) is 16.2. The van der Waals surface area contributed by atoms with Crippen molar-refractivity contribution < 1.29 is 18.3 Å². The Morgan fingerprint density at radius 2 is 1.74 bits per heavy atom. The van der Waals surface area contributed by atoms with Crippen molar-refractivity contribution >= 4 is 0 Å². The molecule has 2 heterocycles. The lowest BCUT2D eigenvalue weighted by Gasteiger charge is -2.05. The van der Waals surface area contributed by atoms with Gasteiger partial charge in [0.1, 0.15) is 5.82 Å². The first-order chi connectivity index (χ1) is 11.2. The summed E-state index contributed by atoms with van der Waals surface area (Å²) in [4.78, 5) is 7.93. The summed E-state index contributed by atoms with van der Waals surface area (Å²) in [6, 6.07) is 6.25. The van der Waals surface area contributed by atoms with Crippen LogP contribution in [-0.4, -0.2) is 27.3 Å². The van der Waals surface area contributed by atoms with E-state index in [1.54, 1.807) is 12.1 Å². The van der Waals surface area contributed by atoms with Crippen LogP contribution >= 0.6 is 0 Å².